The molecule has 4 rings (SSSR count). The average molecular weight is 577 g/mol. The van der Waals surface area contributed by atoms with Crippen LogP contribution in [0.25, 0.3) is 0 Å². The summed E-state index contributed by atoms with van der Waals surface area (Å²) in [4.78, 5) is 12.8. The Hall–Kier alpha value is -2.72. The summed E-state index contributed by atoms with van der Waals surface area (Å²) in [6.07, 6.45) is 2.53. The maximum absolute atomic E-state index is 13.0. The second kappa shape index (κ2) is 11.3. The molecule has 7 nitrogen and oxygen atoms in total. The van der Waals surface area contributed by atoms with Gasteiger partial charge in [-0.25, -0.2) is 13.8 Å². The number of benzene rings is 3. The van der Waals surface area contributed by atoms with Gasteiger partial charge in [-0.3, -0.25) is 4.79 Å². The van der Waals surface area contributed by atoms with Crippen LogP contribution >= 0.6 is 27.5 Å². The minimum absolute atomic E-state index is 0.104. The fraction of sp³-hybridized carbons (Fsp3) is 0.200. The van der Waals surface area contributed by atoms with Crippen molar-refractivity contribution >= 4 is 49.7 Å². The zero-order valence-electron chi connectivity index (χ0n) is 18.6. The lowest BCUT2D eigenvalue weighted by atomic mass is 10.2. The van der Waals surface area contributed by atoms with Gasteiger partial charge in [0.1, 0.15) is 18.4 Å². The molecule has 1 aliphatic rings. The van der Waals surface area contributed by atoms with Gasteiger partial charge in [0, 0.05) is 16.0 Å². The zero-order valence-corrected chi connectivity index (χ0v) is 21.8. The normalized spacial score (nSPS) is 16.5. The van der Waals surface area contributed by atoms with E-state index in [4.69, 9.17) is 16.3 Å². The van der Waals surface area contributed by atoms with Gasteiger partial charge in [-0.2, -0.15) is 9.41 Å². The highest BCUT2D eigenvalue weighted by molar-refractivity contribution is 9.10. The van der Waals surface area contributed by atoms with Crippen LogP contribution in [0, 0.1) is 0 Å². The molecule has 1 atom stereocenters. The number of carbonyl (C=O) groups excluding carboxylic acids is 1. The van der Waals surface area contributed by atoms with Crippen molar-refractivity contribution < 1.29 is 17.9 Å². The third-order valence-electron chi connectivity index (χ3n) is 5.51. The molecule has 182 valence electrons. The van der Waals surface area contributed by atoms with Crippen LogP contribution in [0.4, 0.5) is 0 Å². The Bertz CT molecular complexity index is 1300. The van der Waals surface area contributed by atoms with Gasteiger partial charge < -0.3 is 4.74 Å². The fourth-order valence-corrected chi connectivity index (χ4v) is 5.72. The Morgan fingerprint density at radius 2 is 1.77 bits per heavy atom. The number of carbonyl (C=O) groups is 1. The molecule has 0 aromatic heterocycles. The fourth-order valence-electron chi connectivity index (χ4n) is 3.67. The maximum Gasteiger partial charge on any atom is 0.258 e. The Labute approximate surface area is 217 Å². The summed E-state index contributed by atoms with van der Waals surface area (Å²) in [5, 5.41) is 4.45. The van der Waals surface area contributed by atoms with E-state index in [2.05, 4.69) is 26.5 Å². The van der Waals surface area contributed by atoms with Crippen LogP contribution in [-0.4, -0.2) is 37.4 Å². The van der Waals surface area contributed by atoms with E-state index in [-0.39, 0.29) is 11.4 Å². The number of amides is 1. The van der Waals surface area contributed by atoms with Crippen molar-refractivity contribution in [2.75, 3.05) is 6.54 Å². The monoisotopic (exact) mass is 575 g/mol. The first-order valence-electron chi connectivity index (χ1n) is 10.9. The van der Waals surface area contributed by atoms with Crippen LogP contribution in [0.5, 0.6) is 5.75 Å². The lowest BCUT2D eigenvalue weighted by molar-refractivity contribution is -0.124. The number of halogens is 2. The number of hydrazone groups is 1. The highest BCUT2D eigenvalue weighted by Gasteiger charge is 2.39. The molecule has 1 amide bonds. The lowest BCUT2D eigenvalue weighted by Gasteiger charge is -2.22. The molecule has 1 saturated heterocycles. The standard InChI is InChI=1S/C25H23BrClN3O4S/c26-20-7-3-19(4-8-20)17-34-22-11-5-18(6-12-22)16-28-29-25(31)24-2-1-15-30(24)35(32,33)23-13-9-21(27)10-14-23/h3-14,16,24H,1-2,15,17H2,(H,29,31)/b28-16-/t24-/m0/s1. The first-order chi connectivity index (χ1) is 16.8. The number of rotatable bonds is 8. The minimum atomic E-state index is -3.81. The van der Waals surface area contributed by atoms with Gasteiger partial charge in [-0.15, -0.1) is 0 Å². The number of ether oxygens (including phenoxy) is 1. The first kappa shape index (κ1) is 25.4. The first-order valence-corrected chi connectivity index (χ1v) is 13.5. The van der Waals surface area contributed by atoms with E-state index in [1.807, 2.05) is 48.5 Å². The number of nitrogens with zero attached hydrogens (tertiary/aromatic N) is 2. The van der Waals surface area contributed by atoms with Gasteiger partial charge in [0.05, 0.1) is 11.1 Å². The topological polar surface area (TPSA) is 88.1 Å². The lowest BCUT2D eigenvalue weighted by Crippen LogP contribution is -2.44. The Kier molecular flexibility index (Phi) is 8.22. The van der Waals surface area contributed by atoms with Crippen LogP contribution < -0.4 is 10.2 Å². The summed E-state index contributed by atoms with van der Waals surface area (Å²) in [5.41, 5.74) is 4.29. The number of nitrogens with one attached hydrogen (secondary N) is 1. The smallest absolute Gasteiger partial charge is 0.258 e. The van der Waals surface area contributed by atoms with E-state index in [0.717, 1.165) is 15.6 Å². The van der Waals surface area contributed by atoms with Crippen LogP contribution in [0.15, 0.2) is 87.3 Å². The minimum Gasteiger partial charge on any atom is -0.489 e. The van der Waals surface area contributed by atoms with Gasteiger partial charge in [0.25, 0.3) is 5.91 Å². The SMILES string of the molecule is O=C(N/N=C\c1ccc(OCc2ccc(Br)cc2)cc1)[C@@H]1CCCN1S(=O)(=O)c1ccc(Cl)cc1. The summed E-state index contributed by atoms with van der Waals surface area (Å²) in [6.45, 7) is 0.724. The summed E-state index contributed by atoms with van der Waals surface area (Å²) >= 11 is 9.27. The van der Waals surface area contributed by atoms with E-state index in [1.165, 1.54) is 34.8 Å². The highest BCUT2D eigenvalue weighted by atomic mass is 79.9. The molecule has 0 radical (unpaired) electrons. The van der Waals surface area contributed by atoms with Gasteiger partial charge in [-0.05, 0) is 84.6 Å². The zero-order chi connectivity index (χ0) is 24.8. The summed E-state index contributed by atoms with van der Waals surface area (Å²) < 4.78 is 34.0. The maximum atomic E-state index is 13.0. The van der Waals surface area contributed by atoms with Gasteiger partial charge >= 0.3 is 0 Å². The molecule has 35 heavy (non-hydrogen) atoms. The second-order valence-corrected chi connectivity index (χ2v) is 11.2. The van der Waals surface area contributed by atoms with E-state index in [1.54, 1.807) is 0 Å². The Morgan fingerprint density at radius 1 is 1.09 bits per heavy atom. The molecule has 1 fully saturated rings. The van der Waals surface area contributed by atoms with E-state index in [0.29, 0.717) is 30.2 Å². The van der Waals surface area contributed by atoms with Crippen molar-refractivity contribution in [3.05, 3.63) is 93.4 Å². The van der Waals surface area contributed by atoms with Crippen molar-refractivity contribution in [1.82, 2.24) is 9.73 Å². The number of sulfonamides is 1. The van der Waals surface area contributed by atoms with Crippen molar-refractivity contribution in [2.45, 2.75) is 30.4 Å². The molecule has 10 heteroatoms. The predicted octanol–water partition coefficient (Wildman–Crippen LogP) is 4.98. The summed E-state index contributed by atoms with van der Waals surface area (Å²) in [6, 6.07) is 20.3. The number of hydrogen-bond donors (Lipinski definition) is 1. The molecule has 3 aromatic carbocycles. The molecular weight excluding hydrogens is 554 g/mol. The molecule has 0 spiro atoms. The summed E-state index contributed by atoms with van der Waals surface area (Å²) in [7, 11) is -3.81. The molecule has 1 aliphatic heterocycles. The third kappa shape index (κ3) is 6.49. The van der Waals surface area contributed by atoms with Crippen molar-refractivity contribution in [3.63, 3.8) is 0 Å². The molecule has 1 N–H and O–H groups in total. The van der Waals surface area contributed by atoms with E-state index in [9.17, 15) is 13.2 Å². The molecule has 0 saturated carbocycles. The second-order valence-electron chi connectivity index (χ2n) is 7.95. The van der Waals surface area contributed by atoms with E-state index >= 15 is 0 Å². The van der Waals surface area contributed by atoms with Gasteiger partial charge in [0.2, 0.25) is 10.0 Å². The molecule has 0 bridgehead atoms. The Morgan fingerprint density at radius 3 is 2.46 bits per heavy atom. The van der Waals surface area contributed by atoms with E-state index < -0.39 is 22.0 Å². The van der Waals surface area contributed by atoms with Crippen LogP contribution in [-0.2, 0) is 21.4 Å². The van der Waals surface area contributed by atoms with Crippen LogP contribution in [0.3, 0.4) is 0 Å². The van der Waals surface area contributed by atoms with Gasteiger partial charge in [0.15, 0.2) is 0 Å². The van der Waals surface area contributed by atoms with Crippen molar-refractivity contribution in [1.29, 1.82) is 0 Å². The van der Waals surface area contributed by atoms with Crippen LogP contribution in [0.2, 0.25) is 5.02 Å². The third-order valence-corrected chi connectivity index (χ3v) is 8.22. The molecule has 0 aliphatic carbocycles. The molecule has 3 aromatic rings. The molecular formula is C25H23BrClN3O4S. The molecule has 0 unspecified atom stereocenters. The Balaban J connectivity index is 1.32. The number of hydrogen-bond acceptors (Lipinski definition) is 5. The van der Waals surface area contributed by atoms with Crippen LogP contribution in [0.1, 0.15) is 24.0 Å². The predicted molar refractivity (Wildman–Crippen MR) is 139 cm³/mol. The highest BCUT2D eigenvalue weighted by Crippen LogP contribution is 2.27. The van der Waals surface area contributed by atoms with Gasteiger partial charge in [-0.1, -0.05) is 39.7 Å². The van der Waals surface area contributed by atoms with Crippen molar-refractivity contribution in [2.24, 2.45) is 5.10 Å². The van der Waals surface area contributed by atoms with Crippen molar-refractivity contribution in [3.8, 4) is 5.75 Å². The average Bonchev–Trinajstić information content (AvgIpc) is 3.36. The summed E-state index contributed by atoms with van der Waals surface area (Å²) in [5.74, 6) is 0.244. The largest absolute Gasteiger partial charge is 0.489 e. The molecule has 1 heterocycles. The quantitative estimate of drug-likeness (QED) is 0.303.